The van der Waals surface area contributed by atoms with E-state index in [1.165, 1.54) is 0 Å². The van der Waals surface area contributed by atoms with Crippen LogP contribution in [0.5, 0.6) is 0 Å². The van der Waals surface area contributed by atoms with E-state index < -0.39 is 0 Å². The molecule has 1 atom stereocenters. The highest BCUT2D eigenvalue weighted by molar-refractivity contribution is 5.80. The van der Waals surface area contributed by atoms with E-state index >= 15 is 0 Å². The molecule has 0 radical (unpaired) electrons. The molecule has 1 amide bonds. The van der Waals surface area contributed by atoms with E-state index in [2.05, 4.69) is 10.1 Å². The zero-order chi connectivity index (χ0) is 11.5. The third kappa shape index (κ3) is 2.06. The Bertz CT molecular complexity index is 369. The molecule has 1 unspecified atom stereocenters. The fourth-order valence-corrected chi connectivity index (χ4v) is 1.91. The standard InChI is InChI=1S/C10H17N5O/c1-8(10(16)14-4-2-3-5-14)15-7-12-9(6-11)13-15/h7-8H,2-6,11H2,1H3. The number of likely N-dealkylation sites (tertiary alicyclic amines) is 1. The molecule has 0 saturated carbocycles. The molecule has 6 heteroatoms. The highest BCUT2D eigenvalue weighted by atomic mass is 16.2. The molecule has 2 N–H and O–H groups in total. The Balaban J connectivity index is 2.05. The zero-order valence-corrected chi connectivity index (χ0v) is 9.46. The fourth-order valence-electron chi connectivity index (χ4n) is 1.91. The van der Waals surface area contributed by atoms with Crippen molar-refractivity contribution in [3.05, 3.63) is 12.2 Å². The number of hydrogen-bond acceptors (Lipinski definition) is 4. The molecule has 1 aliphatic heterocycles. The highest BCUT2D eigenvalue weighted by Gasteiger charge is 2.24. The minimum absolute atomic E-state index is 0.117. The topological polar surface area (TPSA) is 77.0 Å². The largest absolute Gasteiger partial charge is 0.341 e. The van der Waals surface area contributed by atoms with Gasteiger partial charge >= 0.3 is 0 Å². The van der Waals surface area contributed by atoms with Gasteiger partial charge in [-0.2, -0.15) is 5.10 Å². The van der Waals surface area contributed by atoms with E-state index in [4.69, 9.17) is 5.73 Å². The predicted molar refractivity (Wildman–Crippen MR) is 58.4 cm³/mol. The van der Waals surface area contributed by atoms with Gasteiger partial charge in [-0.1, -0.05) is 0 Å². The quantitative estimate of drug-likeness (QED) is 0.777. The second-order valence-corrected chi connectivity index (χ2v) is 4.05. The first kappa shape index (κ1) is 11.1. The molecule has 1 saturated heterocycles. The fraction of sp³-hybridized carbons (Fsp3) is 0.700. The number of aromatic nitrogens is 3. The summed E-state index contributed by atoms with van der Waals surface area (Å²) in [6.45, 7) is 3.87. The van der Waals surface area contributed by atoms with Crippen LogP contribution in [0, 0.1) is 0 Å². The van der Waals surface area contributed by atoms with Gasteiger partial charge in [0.2, 0.25) is 5.91 Å². The van der Waals surface area contributed by atoms with Gasteiger partial charge in [0.05, 0.1) is 6.54 Å². The first-order valence-corrected chi connectivity index (χ1v) is 5.61. The summed E-state index contributed by atoms with van der Waals surface area (Å²) in [4.78, 5) is 18.0. The Morgan fingerprint density at radius 3 is 2.81 bits per heavy atom. The average Bonchev–Trinajstić information content (AvgIpc) is 2.97. The molecule has 0 bridgehead atoms. The van der Waals surface area contributed by atoms with Crippen molar-refractivity contribution in [1.82, 2.24) is 19.7 Å². The molecule has 16 heavy (non-hydrogen) atoms. The molecule has 1 fully saturated rings. The van der Waals surface area contributed by atoms with Gasteiger partial charge in [-0.25, -0.2) is 9.67 Å². The molecule has 0 aromatic carbocycles. The van der Waals surface area contributed by atoms with E-state index in [-0.39, 0.29) is 11.9 Å². The van der Waals surface area contributed by atoms with Crippen molar-refractivity contribution in [2.45, 2.75) is 32.4 Å². The van der Waals surface area contributed by atoms with Crippen molar-refractivity contribution in [2.24, 2.45) is 5.73 Å². The van der Waals surface area contributed by atoms with Crippen molar-refractivity contribution in [2.75, 3.05) is 13.1 Å². The van der Waals surface area contributed by atoms with Gasteiger partial charge in [-0.15, -0.1) is 0 Å². The molecule has 0 aliphatic carbocycles. The maximum absolute atomic E-state index is 12.0. The lowest BCUT2D eigenvalue weighted by atomic mass is 10.3. The summed E-state index contributed by atoms with van der Waals surface area (Å²) in [6, 6.07) is -0.286. The number of amides is 1. The second-order valence-electron chi connectivity index (χ2n) is 4.05. The predicted octanol–water partition coefficient (Wildman–Crippen LogP) is -0.0798. The SMILES string of the molecule is CC(C(=O)N1CCCC1)n1cnc(CN)n1. The van der Waals surface area contributed by atoms with Crippen LogP contribution in [0.25, 0.3) is 0 Å². The Morgan fingerprint density at radius 2 is 2.25 bits per heavy atom. The molecule has 0 spiro atoms. The summed E-state index contributed by atoms with van der Waals surface area (Å²) in [5.41, 5.74) is 5.43. The van der Waals surface area contributed by atoms with E-state index in [1.807, 2.05) is 11.8 Å². The van der Waals surface area contributed by atoms with Gasteiger partial charge in [0, 0.05) is 13.1 Å². The van der Waals surface area contributed by atoms with Crippen molar-refractivity contribution in [1.29, 1.82) is 0 Å². The Labute approximate surface area is 94.4 Å². The maximum atomic E-state index is 12.0. The minimum atomic E-state index is -0.286. The highest BCUT2D eigenvalue weighted by Crippen LogP contribution is 2.14. The van der Waals surface area contributed by atoms with Crippen LogP contribution in [0.4, 0.5) is 0 Å². The molecular weight excluding hydrogens is 206 g/mol. The van der Waals surface area contributed by atoms with Crippen LogP contribution in [0.3, 0.4) is 0 Å². The van der Waals surface area contributed by atoms with E-state index in [9.17, 15) is 4.79 Å². The summed E-state index contributed by atoms with van der Waals surface area (Å²) in [7, 11) is 0. The van der Waals surface area contributed by atoms with Crippen LogP contribution < -0.4 is 5.73 Å². The summed E-state index contributed by atoms with van der Waals surface area (Å²) < 4.78 is 1.59. The second kappa shape index (κ2) is 4.61. The van der Waals surface area contributed by atoms with Gasteiger partial charge in [0.1, 0.15) is 12.4 Å². The van der Waals surface area contributed by atoms with Crippen LogP contribution in [-0.2, 0) is 11.3 Å². The monoisotopic (exact) mass is 223 g/mol. The van der Waals surface area contributed by atoms with Crippen LogP contribution in [0.2, 0.25) is 0 Å². The van der Waals surface area contributed by atoms with Gasteiger partial charge in [-0.05, 0) is 19.8 Å². The normalized spacial score (nSPS) is 17.8. The van der Waals surface area contributed by atoms with E-state index in [0.717, 1.165) is 25.9 Å². The third-order valence-corrected chi connectivity index (χ3v) is 2.91. The Morgan fingerprint density at radius 1 is 1.56 bits per heavy atom. The van der Waals surface area contributed by atoms with Crippen LogP contribution in [-0.4, -0.2) is 38.7 Å². The first-order valence-electron chi connectivity index (χ1n) is 5.61. The molecular formula is C10H17N5O. The lowest BCUT2D eigenvalue weighted by molar-refractivity contribution is -0.133. The summed E-state index contributed by atoms with van der Waals surface area (Å²) in [5, 5.41) is 4.15. The van der Waals surface area contributed by atoms with Crippen LogP contribution in [0.15, 0.2) is 6.33 Å². The van der Waals surface area contributed by atoms with Crippen LogP contribution in [0.1, 0.15) is 31.6 Å². The number of nitrogens with zero attached hydrogens (tertiary/aromatic N) is 4. The number of hydrogen-bond donors (Lipinski definition) is 1. The zero-order valence-electron chi connectivity index (χ0n) is 9.46. The number of carbonyl (C=O) groups excluding carboxylic acids is 1. The number of carbonyl (C=O) groups is 1. The Hall–Kier alpha value is -1.43. The third-order valence-electron chi connectivity index (χ3n) is 2.91. The number of rotatable bonds is 3. The molecule has 88 valence electrons. The maximum Gasteiger partial charge on any atom is 0.247 e. The lowest BCUT2D eigenvalue weighted by Gasteiger charge is -2.19. The lowest BCUT2D eigenvalue weighted by Crippen LogP contribution is -2.34. The van der Waals surface area contributed by atoms with Gasteiger partial charge in [0.15, 0.2) is 5.82 Å². The van der Waals surface area contributed by atoms with E-state index in [0.29, 0.717) is 12.4 Å². The van der Waals surface area contributed by atoms with E-state index in [1.54, 1.807) is 11.0 Å². The van der Waals surface area contributed by atoms with Gasteiger partial charge in [0.25, 0.3) is 0 Å². The van der Waals surface area contributed by atoms with Crippen molar-refractivity contribution < 1.29 is 4.79 Å². The first-order chi connectivity index (χ1) is 7.72. The molecule has 2 rings (SSSR count). The molecule has 1 aromatic rings. The van der Waals surface area contributed by atoms with Crippen LogP contribution >= 0.6 is 0 Å². The van der Waals surface area contributed by atoms with Gasteiger partial charge in [-0.3, -0.25) is 4.79 Å². The van der Waals surface area contributed by atoms with Crippen molar-refractivity contribution in [3.8, 4) is 0 Å². The smallest absolute Gasteiger partial charge is 0.247 e. The minimum Gasteiger partial charge on any atom is -0.341 e. The summed E-state index contributed by atoms with van der Waals surface area (Å²) in [6.07, 6.45) is 3.77. The number of nitrogens with two attached hydrogens (primary N) is 1. The van der Waals surface area contributed by atoms with Crippen molar-refractivity contribution >= 4 is 5.91 Å². The Kier molecular flexibility index (Phi) is 3.19. The summed E-state index contributed by atoms with van der Waals surface area (Å²) in [5.74, 6) is 0.687. The molecule has 1 aromatic heterocycles. The van der Waals surface area contributed by atoms with Crippen molar-refractivity contribution in [3.63, 3.8) is 0 Å². The molecule has 1 aliphatic rings. The van der Waals surface area contributed by atoms with Gasteiger partial charge < -0.3 is 10.6 Å². The summed E-state index contributed by atoms with van der Waals surface area (Å²) >= 11 is 0. The average molecular weight is 223 g/mol. The molecule has 6 nitrogen and oxygen atoms in total. The molecule has 2 heterocycles.